The Morgan fingerprint density at radius 2 is 0.519 bits per heavy atom. The highest BCUT2D eigenvalue weighted by Gasteiger charge is 2.30. The molecule has 0 heteroatoms. The van der Waals surface area contributed by atoms with Gasteiger partial charge in [0.25, 0.3) is 0 Å². The van der Waals surface area contributed by atoms with Gasteiger partial charge in [0, 0.05) is 0 Å². The number of fused-ring (bicyclic) bond motifs is 8. The van der Waals surface area contributed by atoms with Crippen molar-refractivity contribution in [2.24, 2.45) is 0 Å². The fourth-order valence-corrected chi connectivity index (χ4v) is 10.1. The zero-order valence-electron chi connectivity index (χ0n) is 33.1. The highest BCUT2D eigenvalue weighted by molar-refractivity contribution is 6.54. The Labute approximate surface area is 307 Å². The molecule has 0 spiro atoms. The summed E-state index contributed by atoms with van der Waals surface area (Å²) in [5.41, 5.74) is 5.73. The van der Waals surface area contributed by atoms with Crippen LogP contribution in [0.4, 0.5) is 0 Å². The van der Waals surface area contributed by atoms with Crippen LogP contribution in [0.3, 0.4) is 0 Å². The largest absolute Gasteiger partial charge is 0.0578 e. The average molecular weight is 675 g/mol. The molecule has 0 amide bonds. The van der Waals surface area contributed by atoms with Gasteiger partial charge in [-0.05, 0) is 153 Å². The van der Waals surface area contributed by atoms with Gasteiger partial charge in [0.1, 0.15) is 0 Å². The minimum absolute atomic E-state index is 0.0119. The van der Waals surface area contributed by atoms with Crippen LogP contribution < -0.4 is 0 Å². The molecular weight excluding hydrogens is 625 g/mol. The third-order valence-corrected chi connectivity index (χ3v) is 12.7. The fraction of sp³-hybridized carbons (Fsp3) is 0.308. The van der Waals surface area contributed by atoms with E-state index in [1.165, 1.54) is 119 Å². The lowest BCUT2D eigenvalue weighted by Gasteiger charge is -2.29. The molecule has 0 heterocycles. The van der Waals surface area contributed by atoms with Crippen molar-refractivity contribution >= 4 is 97.0 Å². The Bertz CT molecular complexity index is 2900. The second-order valence-electron chi connectivity index (χ2n) is 20.2. The topological polar surface area (TPSA) is 0 Å². The predicted molar refractivity (Wildman–Crippen MR) is 232 cm³/mol. The first-order chi connectivity index (χ1) is 24.4. The molecule has 0 aromatic heterocycles. The van der Waals surface area contributed by atoms with E-state index in [2.05, 4.69) is 168 Å². The van der Waals surface area contributed by atoms with Crippen LogP contribution in [-0.2, 0) is 21.7 Å². The second kappa shape index (κ2) is 9.64. The number of benzene rings is 10. The van der Waals surface area contributed by atoms with Gasteiger partial charge in [-0.15, -0.1) is 0 Å². The minimum Gasteiger partial charge on any atom is -0.0578 e. The summed E-state index contributed by atoms with van der Waals surface area (Å²) in [6, 6.07) is 34.4. The van der Waals surface area contributed by atoms with E-state index in [-0.39, 0.29) is 21.7 Å². The van der Waals surface area contributed by atoms with E-state index in [1.807, 2.05) is 0 Å². The molecule has 0 nitrogen and oxygen atoms in total. The maximum absolute atomic E-state index is 2.52. The molecule has 0 radical (unpaired) electrons. The Balaban J connectivity index is 1.63. The molecule has 10 aromatic carbocycles. The highest BCUT2D eigenvalue weighted by Crippen LogP contribution is 2.56. The highest BCUT2D eigenvalue weighted by atomic mass is 14.3. The molecule has 10 rings (SSSR count). The molecule has 0 fully saturated rings. The Hall–Kier alpha value is -4.68. The molecule has 0 saturated carbocycles. The standard InChI is InChI=1S/C52H50/c1-49(2,3)27-13-15-29-37(25-27)31-17-19-33-39(51(7,8)9)24-22-36-42-30-16-14-28(50(4,5)6)26-38(30)32-18-20-34-40(52(10,11)12)23-21-35-41(29)47(45(31)43(33)36)48(42)46(32)44(34)35/h13-26H,1-12H3. The van der Waals surface area contributed by atoms with Gasteiger partial charge in [-0.3, -0.25) is 0 Å². The van der Waals surface area contributed by atoms with E-state index < -0.39 is 0 Å². The molecule has 0 aliphatic carbocycles. The molecule has 0 aliphatic rings. The lowest BCUT2D eigenvalue weighted by molar-refractivity contribution is 0.591. The van der Waals surface area contributed by atoms with Crippen molar-refractivity contribution < 1.29 is 0 Å². The molecule has 0 unspecified atom stereocenters. The summed E-state index contributed by atoms with van der Waals surface area (Å²) in [4.78, 5) is 0. The van der Waals surface area contributed by atoms with Gasteiger partial charge in [-0.25, -0.2) is 0 Å². The third-order valence-electron chi connectivity index (χ3n) is 12.7. The zero-order valence-corrected chi connectivity index (χ0v) is 33.1. The molecule has 258 valence electrons. The molecule has 10 aromatic rings. The maximum atomic E-state index is 2.52. The smallest absolute Gasteiger partial charge is 0.0000708 e. The first kappa shape index (κ1) is 32.0. The predicted octanol–water partition coefficient (Wildman–Crippen LogP) is 15.6. The van der Waals surface area contributed by atoms with Crippen molar-refractivity contribution in [1.29, 1.82) is 0 Å². The lowest BCUT2D eigenvalue weighted by atomic mass is 9.74. The van der Waals surface area contributed by atoms with Crippen LogP contribution in [0.2, 0.25) is 0 Å². The van der Waals surface area contributed by atoms with Gasteiger partial charge in [-0.2, -0.15) is 0 Å². The lowest BCUT2D eigenvalue weighted by Crippen LogP contribution is -2.12. The van der Waals surface area contributed by atoms with Crippen molar-refractivity contribution in [2.75, 3.05) is 0 Å². The van der Waals surface area contributed by atoms with Crippen molar-refractivity contribution in [2.45, 2.75) is 105 Å². The van der Waals surface area contributed by atoms with Gasteiger partial charge >= 0.3 is 0 Å². The van der Waals surface area contributed by atoms with E-state index in [0.29, 0.717) is 0 Å². The molecule has 0 saturated heterocycles. The average Bonchev–Trinajstić information content (AvgIpc) is 3.07. The SMILES string of the molecule is CC(C)(C)c1ccc2c(c1)c1ccc3c(C(C)(C)C)ccc4c3c1c1c2c2ccc(C(C)(C)C)c3ccc5c6cc(C(C)(C)C)ccc6c4c1c5c32. The Morgan fingerprint density at radius 3 is 0.865 bits per heavy atom. The monoisotopic (exact) mass is 674 g/mol. The summed E-state index contributed by atoms with van der Waals surface area (Å²) in [7, 11) is 0. The van der Waals surface area contributed by atoms with Crippen molar-refractivity contribution in [3.63, 3.8) is 0 Å². The van der Waals surface area contributed by atoms with E-state index in [9.17, 15) is 0 Å². The molecule has 0 bridgehead atoms. The van der Waals surface area contributed by atoms with Crippen LogP contribution in [0.5, 0.6) is 0 Å². The molecule has 0 N–H and O–H groups in total. The van der Waals surface area contributed by atoms with Gasteiger partial charge in [0.15, 0.2) is 0 Å². The number of hydrogen-bond donors (Lipinski definition) is 0. The first-order valence-corrected chi connectivity index (χ1v) is 19.4. The maximum Gasteiger partial charge on any atom is -0.0000708 e. The Morgan fingerprint density at radius 1 is 0.231 bits per heavy atom. The van der Waals surface area contributed by atoms with Crippen molar-refractivity contribution in [1.82, 2.24) is 0 Å². The van der Waals surface area contributed by atoms with Crippen LogP contribution in [0, 0.1) is 0 Å². The van der Waals surface area contributed by atoms with E-state index >= 15 is 0 Å². The fourth-order valence-electron chi connectivity index (χ4n) is 10.1. The van der Waals surface area contributed by atoms with Crippen LogP contribution in [-0.4, -0.2) is 0 Å². The summed E-state index contributed by atoms with van der Waals surface area (Å²) in [5, 5.41) is 25.3. The summed E-state index contributed by atoms with van der Waals surface area (Å²) in [5.74, 6) is 0. The quantitative estimate of drug-likeness (QED) is 0.111. The van der Waals surface area contributed by atoms with Crippen molar-refractivity contribution in [3.8, 4) is 0 Å². The van der Waals surface area contributed by atoms with Gasteiger partial charge in [0.05, 0.1) is 0 Å². The third kappa shape index (κ3) is 3.99. The molecular formula is C52H50. The van der Waals surface area contributed by atoms with E-state index in [1.54, 1.807) is 0 Å². The number of rotatable bonds is 0. The second-order valence-corrected chi connectivity index (χ2v) is 20.2. The Kier molecular flexibility index (Phi) is 5.94. The molecule has 0 aliphatic heterocycles. The summed E-state index contributed by atoms with van der Waals surface area (Å²) < 4.78 is 0. The van der Waals surface area contributed by atoms with Gasteiger partial charge in [-0.1, -0.05) is 156 Å². The summed E-state index contributed by atoms with van der Waals surface area (Å²) in [6.07, 6.45) is 0. The minimum atomic E-state index is 0.0119. The normalized spacial score (nSPS) is 14.2. The zero-order chi connectivity index (χ0) is 36.6. The van der Waals surface area contributed by atoms with Crippen molar-refractivity contribution in [3.05, 3.63) is 107 Å². The van der Waals surface area contributed by atoms with Gasteiger partial charge in [0.2, 0.25) is 0 Å². The number of hydrogen-bond acceptors (Lipinski definition) is 0. The van der Waals surface area contributed by atoms with Crippen LogP contribution in [0.25, 0.3) is 97.0 Å². The van der Waals surface area contributed by atoms with Crippen LogP contribution in [0.1, 0.15) is 105 Å². The summed E-state index contributed by atoms with van der Waals surface area (Å²) >= 11 is 0. The first-order valence-electron chi connectivity index (χ1n) is 19.4. The molecule has 0 atom stereocenters. The van der Waals surface area contributed by atoms with Crippen LogP contribution >= 0.6 is 0 Å². The van der Waals surface area contributed by atoms with Gasteiger partial charge < -0.3 is 0 Å². The van der Waals surface area contributed by atoms with E-state index in [0.717, 1.165) is 0 Å². The molecule has 52 heavy (non-hydrogen) atoms. The summed E-state index contributed by atoms with van der Waals surface area (Å²) in [6.45, 7) is 28.3. The van der Waals surface area contributed by atoms with E-state index in [4.69, 9.17) is 0 Å². The van der Waals surface area contributed by atoms with Crippen LogP contribution in [0.15, 0.2) is 84.9 Å².